The third-order valence-electron chi connectivity index (χ3n) is 3.23. The van der Waals surface area contributed by atoms with E-state index in [0.29, 0.717) is 5.92 Å². The van der Waals surface area contributed by atoms with Crippen LogP contribution in [-0.2, 0) is 6.42 Å². The van der Waals surface area contributed by atoms with E-state index in [1.807, 2.05) is 12.1 Å². The quantitative estimate of drug-likeness (QED) is 0.499. The lowest BCUT2D eigenvalue weighted by atomic mass is 9.94. The van der Waals surface area contributed by atoms with Crippen LogP contribution in [0.25, 0.3) is 0 Å². The second-order valence-electron chi connectivity index (χ2n) is 4.55. The number of hydrogen-bond acceptors (Lipinski definition) is 1. The van der Waals surface area contributed by atoms with E-state index in [9.17, 15) is 0 Å². The van der Waals surface area contributed by atoms with Crippen LogP contribution in [0.15, 0.2) is 51.4 Å². The second-order valence-corrected chi connectivity index (χ2v) is 6.90. The Morgan fingerprint density at radius 3 is 2.40 bits per heavy atom. The Labute approximate surface area is 145 Å². The topological polar surface area (TPSA) is 9.23 Å². The molecule has 2 rings (SSSR count). The van der Waals surface area contributed by atoms with Crippen LogP contribution in [0, 0.1) is 0 Å². The van der Waals surface area contributed by atoms with E-state index in [4.69, 9.17) is 4.74 Å². The van der Waals surface area contributed by atoms with Crippen molar-refractivity contribution in [2.75, 3.05) is 12.4 Å². The third-order valence-corrected chi connectivity index (χ3v) is 5.35. The number of hydrogen-bond donors (Lipinski definition) is 0. The maximum Gasteiger partial charge on any atom is 0.133 e. The summed E-state index contributed by atoms with van der Waals surface area (Å²) in [5.41, 5.74) is 2.62. The van der Waals surface area contributed by atoms with Crippen molar-refractivity contribution in [3.8, 4) is 5.75 Å². The van der Waals surface area contributed by atoms with Gasteiger partial charge in [0.1, 0.15) is 5.75 Å². The lowest BCUT2D eigenvalue weighted by Crippen LogP contribution is -2.05. The molecule has 0 N–H and O–H groups in total. The van der Waals surface area contributed by atoms with Crippen LogP contribution in [0.4, 0.5) is 0 Å². The van der Waals surface area contributed by atoms with E-state index < -0.39 is 0 Å². The maximum atomic E-state index is 5.27. The Kier molecular flexibility index (Phi) is 6.12. The van der Waals surface area contributed by atoms with Crippen LogP contribution in [0.5, 0.6) is 5.75 Å². The number of benzene rings is 2. The first-order chi connectivity index (χ1) is 9.65. The number of halogens is 3. The average molecular weight is 463 g/mol. The highest BCUT2D eigenvalue weighted by Crippen LogP contribution is 2.32. The number of alkyl halides is 1. The fraction of sp³-hybridized carbons (Fsp3) is 0.250. The van der Waals surface area contributed by atoms with Crippen molar-refractivity contribution in [2.24, 2.45) is 0 Å². The predicted molar refractivity (Wildman–Crippen MR) is 95.1 cm³/mol. The first-order valence-electron chi connectivity index (χ1n) is 6.28. The molecule has 4 heteroatoms. The maximum absolute atomic E-state index is 5.27. The lowest BCUT2D eigenvalue weighted by molar-refractivity contribution is 0.412. The second kappa shape index (κ2) is 7.62. The van der Waals surface area contributed by atoms with E-state index in [2.05, 4.69) is 78.1 Å². The minimum absolute atomic E-state index is 0.436. The lowest BCUT2D eigenvalue weighted by Gasteiger charge is -2.17. The molecular formula is C16H15Br3O. The molecule has 0 bridgehead atoms. The number of rotatable bonds is 5. The van der Waals surface area contributed by atoms with Gasteiger partial charge in [-0.3, -0.25) is 0 Å². The van der Waals surface area contributed by atoms with Gasteiger partial charge in [-0.05, 0) is 57.6 Å². The van der Waals surface area contributed by atoms with Crippen molar-refractivity contribution in [2.45, 2.75) is 12.3 Å². The molecule has 0 aromatic heterocycles. The van der Waals surface area contributed by atoms with Gasteiger partial charge in [0.25, 0.3) is 0 Å². The van der Waals surface area contributed by atoms with Crippen molar-refractivity contribution >= 4 is 47.8 Å². The molecule has 0 amide bonds. The molecule has 1 nitrogen and oxygen atoms in total. The van der Waals surface area contributed by atoms with Gasteiger partial charge in [0.2, 0.25) is 0 Å². The smallest absolute Gasteiger partial charge is 0.133 e. The standard InChI is InChI=1S/C16H15Br3O/c1-20-16-7-6-11(9-15(16)19)8-12(10-17)13-4-2-3-5-14(13)18/h2-7,9,12H,8,10H2,1H3. The van der Waals surface area contributed by atoms with E-state index in [0.717, 1.165) is 26.4 Å². The largest absolute Gasteiger partial charge is 0.496 e. The molecule has 0 fully saturated rings. The normalized spacial score (nSPS) is 12.2. The molecule has 1 atom stereocenters. The van der Waals surface area contributed by atoms with Gasteiger partial charge in [0, 0.05) is 9.80 Å². The van der Waals surface area contributed by atoms with Crippen molar-refractivity contribution in [3.63, 3.8) is 0 Å². The molecule has 0 radical (unpaired) electrons. The number of methoxy groups -OCH3 is 1. The molecule has 2 aromatic carbocycles. The Morgan fingerprint density at radius 2 is 1.80 bits per heavy atom. The van der Waals surface area contributed by atoms with Crippen molar-refractivity contribution < 1.29 is 4.74 Å². The van der Waals surface area contributed by atoms with Crippen LogP contribution in [0.1, 0.15) is 17.0 Å². The molecule has 106 valence electrons. The minimum Gasteiger partial charge on any atom is -0.496 e. The SMILES string of the molecule is COc1ccc(CC(CBr)c2ccccc2Br)cc1Br. The summed E-state index contributed by atoms with van der Waals surface area (Å²) in [7, 11) is 1.68. The van der Waals surface area contributed by atoms with Crippen molar-refractivity contribution in [1.29, 1.82) is 0 Å². The van der Waals surface area contributed by atoms with Gasteiger partial charge < -0.3 is 4.74 Å². The molecular weight excluding hydrogens is 448 g/mol. The zero-order valence-electron chi connectivity index (χ0n) is 11.1. The van der Waals surface area contributed by atoms with E-state index in [1.54, 1.807) is 7.11 Å². The summed E-state index contributed by atoms with van der Waals surface area (Å²) in [5, 5.41) is 0.930. The molecule has 0 spiro atoms. The Morgan fingerprint density at radius 1 is 1.05 bits per heavy atom. The average Bonchev–Trinajstić information content (AvgIpc) is 2.46. The van der Waals surface area contributed by atoms with Crippen LogP contribution < -0.4 is 4.74 Å². The fourth-order valence-corrected chi connectivity index (χ4v) is 3.95. The van der Waals surface area contributed by atoms with E-state index in [-0.39, 0.29) is 0 Å². The van der Waals surface area contributed by atoms with Crippen LogP contribution in [-0.4, -0.2) is 12.4 Å². The van der Waals surface area contributed by atoms with Gasteiger partial charge in [-0.25, -0.2) is 0 Å². The zero-order chi connectivity index (χ0) is 14.5. The highest BCUT2D eigenvalue weighted by Gasteiger charge is 2.14. The predicted octanol–water partition coefficient (Wildman–Crippen LogP) is 5.94. The molecule has 0 saturated heterocycles. The van der Waals surface area contributed by atoms with E-state index >= 15 is 0 Å². The Bertz CT molecular complexity index is 584. The summed E-state index contributed by atoms with van der Waals surface area (Å²) in [5.74, 6) is 1.30. The molecule has 0 aliphatic heterocycles. The zero-order valence-corrected chi connectivity index (χ0v) is 15.8. The highest BCUT2D eigenvalue weighted by molar-refractivity contribution is 9.11. The molecule has 0 heterocycles. The monoisotopic (exact) mass is 460 g/mol. The van der Waals surface area contributed by atoms with Crippen LogP contribution >= 0.6 is 47.8 Å². The molecule has 2 aromatic rings. The van der Waals surface area contributed by atoms with E-state index in [1.165, 1.54) is 11.1 Å². The molecule has 0 saturated carbocycles. The van der Waals surface area contributed by atoms with Crippen molar-refractivity contribution in [1.82, 2.24) is 0 Å². The fourth-order valence-electron chi connectivity index (χ4n) is 2.18. The van der Waals surface area contributed by atoms with Crippen LogP contribution in [0.3, 0.4) is 0 Å². The Balaban J connectivity index is 2.23. The summed E-state index contributed by atoms with van der Waals surface area (Å²) in [6, 6.07) is 14.7. The van der Waals surface area contributed by atoms with Crippen molar-refractivity contribution in [3.05, 3.63) is 62.5 Å². The van der Waals surface area contributed by atoms with Gasteiger partial charge in [-0.15, -0.1) is 0 Å². The Hall–Kier alpha value is -0.320. The highest BCUT2D eigenvalue weighted by atomic mass is 79.9. The van der Waals surface area contributed by atoms with Gasteiger partial charge >= 0.3 is 0 Å². The molecule has 0 aliphatic carbocycles. The first-order valence-corrected chi connectivity index (χ1v) is 8.99. The molecule has 20 heavy (non-hydrogen) atoms. The first kappa shape index (κ1) is 16.1. The van der Waals surface area contributed by atoms with Gasteiger partial charge in [-0.1, -0.05) is 56.1 Å². The summed E-state index contributed by atoms with van der Waals surface area (Å²) in [6.07, 6.45) is 0.983. The van der Waals surface area contributed by atoms with Gasteiger partial charge in [0.15, 0.2) is 0 Å². The van der Waals surface area contributed by atoms with Gasteiger partial charge in [-0.2, -0.15) is 0 Å². The summed E-state index contributed by atoms with van der Waals surface area (Å²) in [4.78, 5) is 0. The molecule has 0 aliphatic rings. The summed E-state index contributed by atoms with van der Waals surface area (Å²) < 4.78 is 7.43. The summed E-state index contributed by atoms with van der Waals surface area (Å²) >= 11 is 10.8. The number of ether oxygens (including phenoxy) is 1. The van der Waals surface area contributed by atoms with Gasteiger partial charge in [0.05, 0.1) is 11.6 Å². The van der Waals surface area contributed by atoms with Crippen LogP contribution in [0.2, 0.25) is 0 Å². The molecule has 1 unspecified atom stereocenters. The third kappa shape index (κ3) is 3.86. The summed E-state index contributed by atoms with van der Waals surface area (Å²) in [6.45, 7) is 0. The minimum atomic E-state index is 0.436.